The molecule has 0 radical (unpaired) electrons. The SMILES string of the molecule is COC(=O)C(CC(=O)[O-])Cc1ccc(OC)c(OC)c1OC. The van der Waals surface area contributed by atoms with Crippen LogP contribution < -0.4 is 19.3 Å². The van der Waals surface area contributed by atoms with Crippen LogP contribution in [0.5, 0.6) is 17.2 Å². The second kappa shape index (κ2) is 8.11. The maximum Gasteiger partial charge on any atom is 0.309 e. The minimum atomic E-state index is -1.32. The molecule has 1 atom stereocenters. The molecular weight excluding hydrogens is 292 g/mol. The van der Waals surface area contributed by atoms with Crippen molar-refractivity contribution in [1.29, 1.82) is 0 Å². The molecule has 0 aliphatic heterocycles. The van der Waals surface area contributed by atoms with Gasteiger partial charge in [-0.05, 0) is 18.1 Å². The van der Waals surface area contributed by atoms with Crippen molar-refractivity contribution in [1.82, 2.24) is 0 Å². The van der Waals surface area contributed by atoms with Crippen LogP contribution >= 0.6 is 0 Å². The van der Waals surface area contributed by atoms with Crippen molar-refractivity contribution in [3.63, 3.8) is 0 Å². The lowest BCUT2D eigenvalue weighted by molar-refractivity contribution is -0.306. The van der Waals surface area contributed by atoms with Gasteiger partial charge in [-0.15, -0.1) is 0 Å². The number of rotatable bonds is 8. The molecule has 7 nitrogen and oxygen atoms in total. The highest BCUT2D eigenvalue weighted by Crippen LogP contribution is 2.40. The molecule has 7 heteroatoms. The molecule has 0 fully saturated rings. The normalized spacial score (nSPS) is 11.5. The summed E-state index contributed by atoms with van der Waals surface area (Å²) in [6, 6.07) is 3.34. The van der Waals surface area contributed by atoms with Gasteiger partial charge in [0.2, 0.25) is 5.75 Å². The molecule has 0 spiro atoms. The predicted molar refractivity (Wildman–Crippen MR) is 74.9 cm³/mol. The Balaban J connectivity index is 3.18. The molecule has 22 heavy (non-hydrogen) atoms. The number of hydrogen-bond acceptors (Lipinski definition) is 7. The monoisotopic (exact) mass is 311 g/mol. The Morgan fingerprint density at radius 1 is 1.05 bits per heavy atom. The molecule has 0 aliphatic carbocycles. The lowest BCUT2D eigenvalue weighted by Crippen LogP contribution is -2.30. The number of aliphatic carboxylic acids is 1. The van der Waals surface area contributed by atoms with E-state index in [-0.39, 0.29) is 6.42 Å². The van der Waals surface area contributed by atoms with Gasteiger partial charge in [-0.2, -0.15) is 0 Å². The first-order valence-corrected chi connectivity index (χ1v) is 6.53. The molecule has 1 unspecified atom stereocenters. The van der Waals surface area contributed by atoms with E-state index in [0.29, 0.717) is 22.8 Å². The highest BCUT2D eigenvalue weighted by Gasteiger charge is 2.24. The number of carbonyl (C=O) groups excluding carboxylic acids is 2. The molecule has 0 saturated carbocycles. The number of ether oxygens (including phenoxy) is 4. The summed E-state index contributed by atoms with van der Waals surface area (Å²) in [5.74, 6) is -1.59. The number of carboxylic acid groups (broad SMARTS) is 1. The van der Waals surface area contributed by atoms with Crippen LogP contribution in [0.1, 0.15) is 12.0 Å². The van der Waals surface area contributed by atoms with Gasteiger partial charge in [0.1, 0.15) is 0 Å². The maximum atomic E-state index is 11.7. The van der Waals surface area contributed by atoms with Crippen molar-refractivity contribution in [3.05, 3.63) is 17.7 Å². The molecule has 0 saturated heterocycles. The van der Waals surface area contributed by atoms with Gasteiger partial charge in [0.25, 0.3) is 0 Å². The Labute approximate surface area is 128 Å². The maximum absolute atomic E-state index is 11.7. The number of carboxylic acids is 1. The van der Waals surface area contributed by atoms with E-state index in [0.717, 1.165) is 0 Å². The average Bonchev–Trinajstić information content (AvgIpc) is 2.52. The second-order valence-corrected chi connectivity index (χ2v) is 4.49. The second-order valence-electron chi connectivity index (χ2n) is 4.49. The van der Waals surface area contributed by atoms with Crippen molar-refractivity contribution >= 4 is 11.9 Å². The third kappa shape index (κ3) is 4.03. The Morgan fingerprint density at radius 2 is 1.68 bits per heavy atom. The summed E-state index contributed by atoms with van der Waals surface area (Å²) in [6.45, 7) is 0. The summed E-state index contributed by atoms with van der Waals surface area (Å²) in [5, 5.41) is 10.8. The molecule has 0 bridgehead atoms. The molecular formula is C15H19O7-. The first kappa shape index (κ1) is 17.6. The number of carbonyl (C=O) groups is 2. The molecule has 0 aliphatic rings. The van der Waals surface area contributed by atoms with Crippen LogP contribution in [0.3, 0.4) is 0 Å². The van der Waals surface area contributed by atoms with Gasteiger partial charge >= 0.3 is 5.97 Å². The van der Waals surface area contributed by atoms with Crippen LogP contribution in [-0.4, -0.2) is 40.4 Å². The molecule has 1 aromatic rings. The highest BCUT2D eigenvalue weighted by atomic mass is 16.5. The molecule has 0 N–H and O–H groups in total. The van der Waals surface area contributed by atoms with E-state index in [2.05, 4.69) is 4.74 Å². The smallest absolute Gasteiger partial charge is 0.309 e. The van der Waals surface area contributed by atoms with Crippen LogP contribution in [0.2, 0.25) is 0 Å². The largest absolute Gasteiger partial charge is 0.550 e. The van der Waals surface area contributed by atoms with Gasteiger partial charge in [0, 0.05) is 12.4 Å². The van der Waals surface area contributed by atoms with Crippen LogP contribution in [0.4, 0.5) is 0 Å². The van der Waals surface area contributed by atoms with E-state index >= 15 is 0 Å². The third-order valence-electron chi connectivity index (χ3n) is 3.20. The predicted octanol–water partition coefficient (Wildman–Crippen LogP) is 0.184. The molecule has 0 heterocycles. The quantitative estimate of drug-likeness (QED) is 0.632. The lowest BCUT2D eigenvalue weighted by Gasteiger charge is -2.19. The minimum Gasteiger partial charge on any atom is -0.550 e. The van der Waals surface area contributed by atoms with Crippen LogP contribution in [0.15, 0.2) is 12.1 Å². The lowest BCUT2D eigenvalue weighted by atomic mass is 9.95. The van der Waals surface area contributed by atoms with Crippen molar-refractivity contribution in [2.45, 2.75) is 12.8 Å². The van der Waals surface area contributed by atoms with Crippen molar-refractivity contribution in [3.8, 4) is 17.2 Å². The first-order valence-electron chi connectivity index (χ1n) is 6.53. The zero-order valence-electron chi connectivity index (χ0n) is 13.0. The van der Waals surface area contributed by atoms with Crippen molar-refractivity contribution in [2.24, 2.45) is 5.92 Å². The summed E-state index contributed by atoms with van der Waals surface area (Å²) in [4.78, 5) is 22.5. The number of methoxy groups -OCH3 is 4. The fourth-order valence-corrected chi connectivity index (χ4v) is 2.20. The van der Waals surface area contributed by atoms with Crippen molar-refractivity contribution in [2.75, 3.05) is 28.4 Å². The fourth-order valence-electron chi connectivity index (χ4n) is 2.20. The topological polar surface area (TPSA) is 94.1 Å². The van der Waals surface area contributed by atoms with E-state index in [1.807, 2.05) is 0 Å². The van der Waals surface area contributed by atoms with E-state index < -0.39 is 24.3 Å². The average molecular weight is 311 g/mol. The Hall–Kier alpha value is -2.44. The Kier molecular flexibility index (Phi) is 6.49. The van der Waals surface area contributed by atoms with Crippen LogP contribution in [-0.2, 0) is 20.7 Å². The number of hydrogen-bond donors (Lipinski definition) is 0. The Bertz CT molecular complexity index is 539. The standard InChI is InChI=1S/C15H20O7/c1-19-11-6-5-9(13(20-2)14(11)21-3)7-10(8-12(16)17)15(18)22-4/h5-6,10H,7-8H2,1-4H3,(H,16,17)/p-1. The van der Waals surface area contributed by atoms with Crippen LogP contribution in [0, 0.1) is 5.92 Å². The van der Waals surface area contributed by atoms with Gasteiger partial charge in [-0.3, -0.25) is 4.79 Å². The van der Waals surface area contributed by atoms with E-state index in [9.17, 15) is 14.7 Å². The van der Waals surface area contributed by atoms with Gasteiger partial charge in [-0.1, -0.05) is 6.07 Å². The molecule has 1 aromatic carbocycles. The van der Waals surface area contributed by atoms with Gasteiger partial charge < -0.3 is 28.8 Å². The van der Waals surface area contributed by atoms with Crippen LogP contribution in [0.25, 0.3) is 0 Å². The summed E-state index contributed by atoms with van der Waals surface area (Å²) >= 11 is 0. The minimum absolute atomic E-state index is 0.115. The Morgan fingerprint density at radius 3 is 2.14 bits per heavy atom. The molecule has 122 valence electrons. The van der Waals surface area contributed by atoms with Gasteiger partial charge in [-0.25, -0.2) is 0 Å². The highest BCUT2D eigenvalue weighted by molar-refractivity contribution is 5.78. The number of esters is 1. The fraction of sp³-hybridized carbons (Fsp3) is 0.467. The zero-order chi connectivity index (χ0) is 16.7. The zero-order valence-corrected chi connectivity index (χ0v) is 13.0. The molecule has 0 amide bonds. The number of benzene rings is 1. The molecule has 0 aromatic heterocycles. The summed E-state index contributed by atoms with van der Waals surface area (Å²) in [5.41, 5.74) is 0.608. The van der Waals surface area contributed by atoms with Crippen molar-refractivity contribution < 1.29 is 33.6 Å². The first-order chi connectivity index (χ1) is 10.5. The van der Waals surface area contributed by atoms with Gasteiger partial charge in [0.15, 0.2) is 11.5 Å². The summed E-state index contributed by atoms with van der Waals surface area (Å²) in [6.07, 6.45) is -0.325. The van der Waals surface area contributed by atoms with E-state index in [1.165, 1.54) is 28.4 Å². The third-order valence-corrected chi connectivity index (χ3v) is 3.20. The van der Waals surface area contributed by atoms with E-state index in [1.54, 1.807) is 12.1 Å². The summed E-state index contributed by atoms with van der Waals surface area (Å²) < 4.78 is 20.4. The molecule has 1 rings (SSSR count). The van der Waals surface area contributed by atoms with E-state index in [4.69, 9.17) is 14.2 Å². The summed E-state index contributed by atoms with van der Waals surface area (Å²) in [7, 11) is 5.61. The van der Waals surface area contributed by atoms with Gasteiger partial charge in [0.05, 0.1) is 34.4 Å².